The Morgan fingerprint density at radius 1 is 1.05 bits per heavy atom. The second-order valence-corrected chi connectivity index (χ2v) is 5.28. The summed E-state index contributed by atoms with van der Waals surface area (Å²) in [5, 5.41) is 3.09. The molecule has 0 aliphatic rings. The van der Waals surface area contributed by atoms with E-state index in [9.17, 15) is 13.2 Å². The number of halogens is 4. The van der Waals surface area contributed by atoms with Crippen molar-refractivity contribution in [1.82, 2.24) is 5.32 Å². The number of ether oxygens (including phenoxy) is 1. The average Bonchev–Trinajstić information content (AvgIpc) is 2.42. The summed E-state index contributed by atoms with van der Waals surface area (Å²) in [4.78, 5) is 0. The quantitative estimate of drug-likeness (QED) is 0.820. The molecule has 2 aromatic carbocycles. The molecular formula is C15H13BrF3NO. The summed E-state index contributed by atoms with van der Waals surface area (Å²) in [6.45, 7) is -1.94. The van der Waals surface area contributed by atoms with Crippen molar-refractivity contribution in [2.45, 2.75) is 19.7 Å². The molecule has 0 amide bonds. The molecule has 0 spiro atoms. The third-order valence-electron chi connectivity index (χ3n) is 2.81. The van der Waals surface area contributed by atoms with Crippen LogP contribution in [0, 0.1) is 5.82 Å². The molecule has 0 fully saturated rings. The van der Waals surface area contributed by atoms with E-state index in [4.69, 9.17) is 0 Å². The lowest BCUT2D eigenvalue weighted by molar-refractivity contribution is -0.0498. The van der Waals surface area contributed by atoms with E-state index in [0.29, 0.717) is 23.1 Å². The van der Waals surface area contributed by atoms with Crippen molar-refractivity contribution in [3.8, 4) is 5.75 Å². The van der Waals surface area contributed by atoms with Gasteiger partial charge in [-0.2, -0.15) is 8.78 Å². The third kappa shape index (κ3) is 5.06. The molecule has 2 aromatic rings. The van der Waals surface area contributed by atoms with Gasteiger partial charge in [0.1, 0.15) is 11.6 Å². The van der Waals surface area contributed by atoms with E-state index in [1.807, 2.05) is 0 Å². The number of benzene rings is 2. The summed E-state index contributed by atoms with van der Waals surface area (Å²) >= 11 is 3.20. The summed E-state index contributed by atoms with van der Waals surface area (Å²) in [5.74, 6) is -0.162. The molecule has 0 aliphatic heterocycles. The lowest BCUT2D eigenvalue weighted by Crippen LogP contribution is -2.13. The molecule has 1 N–H and O–H groups in total. The minimum atomic E-state index is -2.82. The third-order valence-corrected chi connectivity index (χ3v) is 3.30. The summed E-state index contributed by atoms with van der Waals surface area (Å²) in [6, 6.07) is 11.2. The predicted octanol–water partition coefficient (Wildman–Crippen LogP) is 4.48. The molecule has 0 radical (unpaired) electrons. The molecular weight excluding hydrogens is 347 g/mol. The smallest absolute Gasteiger partial charge is 0.387 e. The highest BCUT2D eigenvalue weighted by molar-refractivity contribution is 9.10. The first-order chi connectivity index (χ1) is 10.0. The minimum absolute atomic E-state index is 0.118. The van der Waals surface area contributed by atoms with Crippen molar-refractivity contribution in [2.24, 2.45) is 0 Å². The highest BCUT2D eigenvalue weighted by Gasteiger charge is 2.04. The zero-order valence-electron chi connectivity index (χ0n) is 11.0. The van der Waals surface area contributed by atoms with Gasteiger partial charge in [0.2, 0.25) is 0 Å². The van der Waals surface area contributed by atoms with Gasteiger partial charge in [0, 0.05) is 23.1 Å². The van der Waals surface area contributed by atoms with Crippen molar-refractivity contribution in [1.29, 1.82) is 0 Å². The first-order valence-corrected chi connectivity index (χ1v) is 7.02. The van der Waals surface area contributed by atoms with Crippen LogP contribution in [0.3, 0.4) is 0 Å². The average molecular weight is 360 g/mol. The highest BCUT2D eigenvalue weighted by Crippen LogP contribution is 2.16. The van der Waals surface area contributed by atoms with Gasteiger partial charge in [0.05, 0.1) is 0 Å². The van der Waals surface area contributed by atoms with Crippen LogP contribution in [0.1, 0.15) is 11.1 Å². The normalized spacial score (nSPS) is 10.9. The van der Waals surface area contributed by atoms with Gasteiger partial charge >= 0.3 is 6.61 Å². The van der Waals surface area contributed by atoms with Gasteiger partial charge in [-0.25, -0.2) is 4.39 Å². The van der Waals surface area contributed by atoms with Crippen molar-refractivity contribution >= 4 is 15.9 Å². The topological polar surface area (TPSA) is 21.3 Å². The maximum Gasteiger partial charge on any atom is 0.387 e. The van der Waals surface area contributed by atoms with Gasteiger partial charge in [-0.05, 0) is 29.8 Å². The van der Waals surface area contributed by atoms with Crippen LogP contribution in [-0.2, 0) is 13.1 Å². The van der Waals surface area contributed by atoms with Crippen molar-refractivity contribution < 1.29 is 17.9 Å². The van der Waals surface area contributed by atoms with Crippen molar-refractivity contribution in [3.05, 3.63) is 63.9 Å². The van der Waals surface area contributed by atoms with E-state index in [1.165, 1.54) is 18.2 Å². The number of nitrogens with one attached hydrogen (secondary N) is 1. The second-order valence-electron chi connectivity index (χ2n) is 4.36. The van der Waals surface area contributed by atoms with Crippen LogP contribution < -0.4 is 10.1 Å². The van der Waals surface area contributed by atoms with Gasteiger partial charge < -0.3 is 10.1 Å². The maximum atomic E-state index is 13.6. The van der Waals surface area contributed by atoms with Crippen LogP contribution in [-0.4, -0.2) is 6.61 Å². The van der Waals surface area contributed by atoms with E-state index in [1.54, 1.807) is 24.3 Å². The number of rotatable bonds is 6. The number of hydrogen-bond donors (Lipinski definition) is 1. The van der Waals surface area contributed by atoms with E-state index < -0.39 is 6.61 Å². The molecule has 0 saturated carbocycles. The Hall–Kier alpha value is -1.53. The molecule has 0 aromatic heterocycles. The zero-order chi connectivity index (χ0) is 15.2. The van der Waals surface area contributed by atoms with E-state index in [0.717, 1.165) is 5.56 Å². The fourth-order valence-corrected chi connectivity index (χ4v) is 2.13. The monoisotopic (exact) mass is 359 g/mol. The Labute approximate surface area is 129 Å². The molecule has 0 saturated heterocycles. The summed E-state index contributed by atoms with van der Waals surface area (Å²) < 4.78 is 42.6. The van der Waals surface area contributed by atoms with Crippen LogP contribution >= 0.6 is 15.9 Å². The first-order valence-electron chi connectivity index (χ1n) is 6.23. The van der Waals surface area contributed by atoms with Crippen molar-refractivity contribution in [2.75, 3.05) is 0 Å². The Bertz CT molecular complexity index is 590. The fraction of sp³-hybridized carbons (Fsp3) is 0.200. The van der Waals surface area contributed by atoms with Gasteiger partial charge in [0.25, 0.3) is 0 Å². The lowest BCUT2D eigenvalue weighted by Gasteiger charge is -2.08. The minimum Gasteiger partial charge on any atom is -0.435 e. The molecule has 0 unspecified atom stereocenters. The van der Waals surface area contributed by atoms with E-state index in [-0.39, 0.29) is 11.6 Å². The van der Waals surface area contributed by atoms with Gasteiger partial charge in [0.15, 0.2) is 0 Å². The molecule has 0 aliphatic carbocycles. The highest BCUT2D eigenvalue weighted by atomic mass is 79.9. The Balaban J connectivity index is 1.85. The fourth-order valence-electron chi connectivity index (χ4n) is 1.80. The summed E-state index contributed by atoms with van der Waals surface area (Å²) in [7, 11) is 0. The first kappa shape index (κ1) is 15.9. The van der Waals surface area contributed by atoms with E-state index >= 15 is 0 Å². The standard InChI is InChI=1S/C15H13BrF3NO/c16-12-4-3-11(14(17)7-12)9-20-8-10-1-5-13(6-2-10)21-15(18)19/h1-7,15,20H,8-9H2. The van der Waals surface area contributed by atoms with Gasteiger partial charge in [-0.1, -0.05) is 34.1 Å². The molecule has 0 bridgehead atoms. The van der Waals surface area contributed by atoms with Crippen molar-refractivity contribution in [3.63, 3.8) is 0 Å². The number of hydrogen-bond acceptors (Lipinski definition) is 2. The van der Waals surface area contributed by atoms with Crippen LogP contribution in [0.25, 0.3) is 0 Å². The largest absolute Gasteiger partial charge is 0.435 e. The van der Waals surface area contributed by atoms with E-state index in [2.05, 4.69) is 26.0 Å². The number of alkyl halides is 2. The lowest BCUT2D eigenvalue weighted by atomic mass is 10.2. The van der Waals surface area contributed by atoms with Gasteiger partial charge in [-0.15, -0.1) is 0 Å². The molecule has 2 nitrogen and oxygen atoms in total. The maximum absolute atomic E-state index is 13.6. The van der Waals surface area contributed by atoms with Crippen LogP contribution in [0.2, 0.25) is 0 Å². The summed E-state index contributed by atoms with van der Waals surface area (Å²) in [6.07, 6.45) is 0. The summed E-state index contributed by atoms with van der Waals surface area (Å²) in [5.41, 5.74) is 1.46. The Kier molecular flexibility index (Phi) is 5.64. The molecule has 21 heavy (non-hydrogen) atoms. The molecule has 0 atom stereocenters. The second kappa shape index (κ2) is 7.47. The van der Waals surface area contributed by atoms with Gasteiger partial charge in [-0.3, -0.25) is 0 Å². The zero-order valence-corrected chi connectivity index (χ0v) is 12.5. The molecule has 0 heterocycles. The SMILES string of the molecule is Fc1cc(Br)ccc1CNCc1ccc(OC(F)F)cc1. The molecule has 112 valence electrons. The predicted molar refractivity (Wildman–Crippen MR) is 77.7 cm³/mol. The molecule has 6 heteroatoms. The van der Waals surface area contributed by atoms with Crippen LogP contribution in [0.15, 0.2) is 46.9 Å². The van der Waals surface area contributed by atoms with Crippen LogP contribution in [0.5, 0.6) is 5.75 Å². The Morgan fingerprint density at radius 2 is 1.76 bits per heavy atom. The molecule has 2 rings (SSSR count). The Morgan fingerprint density at radius 3 is 2.38 bits per heavy atom. The van der Waals surface area contributed by atoms with Crippen LogP contribution in [0.4, 0.5) is 13.2 Å².